The number of nitrogens with two attached hydrogens (primary N) is 1. The van der Waals surface area contributed by atoms with Crippen molar-refractivity contribution in [3.63, 3.8) is 0 Å². The lowest BCUT2D eigenvalue weighted by molar-refractivity contribution is -0.126. The molecule has 1 amide bonds. The molecular weight excluding hydrogens is 268 g/mol. The standard InChI is InChI=1S/C16H24N2O3/c1-12-3-2-8-16(9-12,11-19)18-15(20)10-21-14-6-4-13(17)5-7-14/h4-7,12,19H,2-3,8-11,17H2,1H3,(H,18,20). The van der Waals surface area contributed by atoms with Crippen LogP contribution in [-0.4, -0.2) is 29.8 Å². The first kappa shape index (κ1) is 15.6. The van der Waals surface area contributed by atoms with Crippen LogP contribution in [0.3, 0.4) is 0 Å². The Balaban J connectivity index is 1.86. The number of hydrogen-bond acceptors (Lipinski definition) is 4. The Morgan fingerprint density at radius 2 is 2.19 bits per heavy atom. The summed E-state index contributed by atoms with van der Waals surface area (Å²) >= 11 is 0. The van der Waals surface area contributed by atoms with Crippen molar-refractivity contribution in [2.75, 3.05) is 18.9 Å². The van der Waals surface area contributed by atoms with E-state index in [2.05, 4.69) is 12.2 Å². The van der Waals surface area contributed by atoms with E-state index in [-0.39, 0.29) is 19.1 Å². The SMILES string of the molecule is CC1CCCC(CO)(NC(=O)COc2ccc(N)cc2)C1. The van der Waals surface area contributed by atoms with Gasteiger partial charge >= 0.3 is 0 Å². The quantitative estimate of drug-likeness (QED) is 0.721. The number of rotatable bonds is 5. The average molecular weight is 292 g/mol. The summed E-state index contributed by atoms with van der Waals surface area (Å²) in [5.74, 6) is 0.925. The van der Waals surface area contributed by atoms with Gasteiger partial charge < -0.3 is 20.9 Å². The third kappa shape index (κ3) is 4.36. The zero-order valence-corrected chi connectivity index (χ0v) is 12.5. The van der Waals surface area contributed by atoms with Gasteiger partial charge in [-0.2, -0.15) is 0 Å². The number of nitrogen functional groups attached to an aromatic ring is 1. The lowest BCUT2D eigenvalue weighted by atomic mass is 9.77. The predicted molar refractivity (Wildman–Crippen MR) is 81.9 cm³/mol. The Hall–Kier alpha value is -1.75. The van der Waals surface area contributed by atoms with Crippen molar-refractivity contribution < 1.29 is 14.6 Å². The van der Waals surface area contributed by atoms with Crippen molar-refractivity contribution in [1.29, 1.82) is 0 Å². The van der Waals surface area contributed by atoms with Crippen molar-refractivity contribution >= 4 is 11.6 Å². The molecule has 0 aromatic heterocycles. The third-order valence-electron chi connectivity index (χ3n) is 4.05. The molecule has 0 radical (unpaired) electrons. The van der Waals surface area contributed by atoms with Crippen LogP contribution in [0.25, 0.3) is 0 Å². The molecule has 1 aliphatic carbocycles. The van der Waals surface area contributed by atoms with Crippen molar-refractivity contribution in [3.8, 4) is 5.75 Å². The Labute approximate surface area is 125 Å². The van der Waals surface area contributed by atoms with Crippen LogP contribution in [-0.2, 0) is 4.79 Å². The Kier molecular flexibility index (Phi) is 5.07. The number of anilines is 1. The van der Waals surface area contributed by atoms with E-state index >= 15 is 0 Å². The van der Waals surface area contributed by atoms with Crippen molar-refractivity contribution in [1.82, 2.24) is 5.32 Å². The molecule has 2 unspecified atom stereocenters. The van der Waals surface area contributed by atoms with Crippen LogP contribution in [0.5, 0.6) is 5.75 Å². The van der Waals surface area contributed by atoms with E-state index < -0.39 is 5.54 Å². The van der Waals surface area contributed by atoms with Crippen LogP contribution in [0.15, 0.2) is 24.3 Å². The molecule has 2 rings (SSSR count). The maximum atomic E-state index is 12.1. The summed E-state index contributed by atoms with van der Waals surface area (Å²) in [5.41, 5.74) is 5.76. The number of hydrogen-bond donors (Lipinski definition) is 3. The van der Waals surface area contributed by atoms with Gasteiger partial charge in [0.15, 0.2) is 6.61 Å². The first-order chi connectivity index (χ1) is 10.0. The molecule has 1 aromatic carbocycles. The summed E-state index contributed by atoms with van der Waals surface area (Å²) in [6.45, 7) is 2.07. The number of amides is 1. The summed E-state index contributed by atoms with van der Waals surface area (Å²) in [4.78, 5) is 12.1. The molecule has 0 bridgehead atoms. The van der Waals surface area contributed by atoms with Crippen molar-refractivity contribution in [2.24, 2.45) is 5.92 Å². The lowest BCUT2D eigenvalue weighted by Crippen LogP contribution is -2.55. The zero-order chi connectivity index (χ0) is 15.3. The molecular formula is C16H24N2O3. The molecule has 5 nitrogen and oxygen atoms in total. The largest absolute Gasteiger partial charge is 0.484 e. The van der Waals surface area contributed by atoms with Crippen LogP contribution in [0, 0.1) is 5.92 Å². The lowest BCUT2D eigenvalue weighted by Gasteiger charge is -2.39. The fourth-order valence-electron chi connectivity index (χ4n) is 3.00. The molecule has 1 aromatic rings. The van der Waals surface area contributed by atoms with Crippen LogP contribution in [0.1, 0.15) is 32.6 Å². The maximum absolute atomic E-state index is 12.1. The van der Waals surface area contributed by atoms with Crippen molar-refractivity contribution in [3.05, 3.63) is 24.3 Å². The number of ether oxygens (including phenoxy) is 1. The molecule has 116 valence electrons. The molecule has 0 saturated heterocycles. The second-order valence-electron chi connectivity index (χ2n) is 6.05. The average Bonchev–Trinajstić information content (AvgIpc) is 2.46. The summed E-state index contributed by atoms with van der Waals surface area (Å²) in [6.07, 6.45) is 3.82. The van der Waals surface area contributed by atoms with Crippen LogP contribution >= 0.6 is 0 Å². The first-order valence-electron chi connectivity index (χ1n) is 7.43. The number of aliphatic hydroxyl groups excluding tert-OH is 1. The molecule has 0 aliphatic heterocycles. The molecule has 2 atom stereocenters. The molecule has 1 aliphatic rings. The molecule has 0 spiro atoms. The Bertz CT molecular complexity index is 475. The minimum Gasteiger partial charge on any atom is -0.484 e. The van der Waals surface area contributed by atoms with E-state index in [0.29, 0.717) is 17.4 Å². The van der Waals surface area contributed by atoms with Gasteiger partial charge in [-0.05, 0) is 43.0 Å². The topological polar surface area (TPSA) is 84.6 Å². The fourth-order valence-corrected chi connectivity index (χ4v) is 3.00. The van der Waals surface area contributed by atoms with E-state index in [9.17, 15) is 9.90 Å². The Morgan fingerprint density at radius 3 is 2.81 bits per heavy atom. The summed E-state index contributed by atoms with van der Waals surface area (Å²) in [6, 6.07) is 6.91. The first-order valence-corrected chi connectivity index (χ1v) is 7.43. The van der Waals surface area contributed by atoms with Crippen molar-refractivity contribution in [2.45, 2.75) is 38.1 Å². The fraction of sp³-hybridized carbons (Fsp3) is 0.562. The van der Waals surface area contributed by atoms with Gasteiger partial charge in [-0.3, -0.25) is 4.79 Å². The van der Waals surface area contributed by atoms with E-state index in [1.54, 1.807) is 24.3 Å². The predicted octanol–water partition coefficient (Wildman–Crippen LogP) is 1.70. The molecule has 1 saturated carbocycles. The summed E-state index contributed by atoms with van der Waals surface area (Å²) in [5, 5.41) is 12.6. The third-order valence-corrected chi connectivity index (χ3v) is 4.05. The molecule has 0 heterocycles. The number of benzene rings is 1. The van der Waals surface area contributed by atoms with Gasteiger partial charge in [0, 0.05) is 5.69 Å². The monoisotopic (exact) mass is 292 g/mol. The second kappa shape index (κ2) is 6.80. The van der Waals surface area contributed by atoms with E-state index in [1.165, 1.54) is 0 Å². The van der Waals surface area contributed by atoms with E-state index in [0.717, 1.165) is 25.7 Å². The van der Waals surface area contributed by atoms with Gasteiger partial charge in [0.25, 0.3) is 5.91 Å². The minimum atomic E-state index is -0.487. The molecule has 4 N–H and O–H groups in total. The summed E-state index contributed by atoms with van der Waals surface area (Å²) < 4.78 is 5.43. The number of carbonyl (C=O) groups excluding carboxylic acids is 1. The number of carbonyl (C=O) groups is 1. The van der Waals surface area contributed by atoms with Gasteiger partial charge in [0.1, 0.15) is 5.75 Å². The highest BCUT2D eigenvalue weighted by Gasteiger charge is 2.35. The molecule has 21 heavy (non-hydrogen) atoms. The Morgan fingerprint density at radius 1 is 1.48 bits per heavy atom. The van der Waals surface area contributed by atoms with Crippen LogP contribution < -0.4 is 15.8 Å². The van der Waals surface area contributed by atoms with Gasteiger partial charge in [0.2, 0.25) is 0 Å². The van der Waals surface area contributed by atoms with Gasteiger partial charge in [-0.1, -0.05) is 19.8 Å². The molecule has 1 fully saturated rings. The van der Waals surface area contributed by atoms with Crippen LogP contribution in [0.2, 0.25) is 0 Å². The van der Waals surface area contributed by atoms with Gasteiger partial charge in [0.05, 0.1) is 12.1 Å². The van der Waals surface area contributed by atoms with Gasteiger partial charge in [-0.15, -0.1) is 0 Å². The smallest absolute Gasteiger partial charge is 0.258 e. The highest BCUT2D eigenvalue weighted by molar-refractivity contribution is 5.78. The number of aliphatic hydroxyl groups is 1. The van der Waals surface area contributed by atoms with E-state index in [4.69, 9.17) is 10.5 Å². The maximum Gasteiger partial charge on any atom is 0.258 e. The van der Waals surface area contributed by atoms with Crippen LogP contribution in [0.4, 0.5) is 5.69 Å². The normalized spacial score (nSPS) is 25.3. The zero-order valence-electron chi connectivity index (χ0n) is 12.5. The van der Waals surface area contributed by atoms with E-state index in [1.807, 2.05) is 0 Å². The molecule has 5 heteroatoms. The second-order valence-corrected chi connectivity index (χ2v) is 6.05. The summed E-state index contributed by atoms with van der Waals surface area (Å²) in [7, 11) is 0. The van der Waals surface area contributed by atoms with Gasteiger partial charge in [-0.25, -0.2) is 0 Å². The minimum absolute atomic E-state index is 0.0229. The highest BCUT2D eigenvalue weighted by Crippen LogP contribution is 2.31. The highest BCUT2D eigenvalue weighted by atomic mass is 16.5. The number of nitrogens with one attached hydrogen (secondary N) is 1.